The summed E-state index contributed by atoms with van der Waals surface area (Å²) in [5.41, 5.74) is 2.05. The Balaban J connectivity index is 1.56. The lowest BCUT2D eigenvalue weighted by Gasteiger charge is -2.12. The number of fused-ring (bicyclic) bond motifs is 1. The molecule has 1 aromatic carbocycles. The number of nitrogens with one attached hydrogen (secondary N) is 1. The van der Waals surface area contributed by atoms with Crippen molar-refractivity contribution < 1.29 is 14.3 Å². The molecule has 2 heterocycles. The first kappa shape index (κ1) is 17.2. The number of benzene rings is 1. The number of esters is 1. The van der Waals surface area contributed by atoms with Crippen molar-refractivity contribution in [3.63, 3.8) is 0 Å². The highest BCUT2D eigenvalue weighted by atomic mass is 16.5. The number of carbonyl (C=O) groups is 1. The van der Waals surface area contributed by atoms with Crippen LogP contribution in [0.3, 0.4) is 0 Å². The monoisotopic (exact) mass is 368 g/mol. The van der Waals surface area contributed by atoms with Crippen LogP contribution in [0.4, 0.5) is 5.95 Å². The Hall–Kier alpha value is -3.23. The third-order valence-corrected chi connectivity index (χ3v) is 4.81. The zero-order chi connectivity index (χ0) is 18.8. The normalized spacial score (nSPS) is 19.2. The first-order valence-corrected chi connectivity index (χ1v) is 8.75. The number of aromatic nitrogens is 5. The van der Waals surface area contributed by atoms with Gasteiger partial charge in [0.2, 0.25) is 5.95 Å². The van der Waals surface area contributed by atoms with Gasteiger partial charge in [-0.1, -0.05) is 5.21 Å². The van der Waals surface area contributed by atoms with Gasteiger partial charge < -0.3 is 14.8 Å². The fourth-order valence-corrected chi connectivity index (χ4v) is 3.37. The first-order valence-electron chi connectivity index (χ1n) is 8.75. The molecule has 0 bridgehead atoms. The van der Waals surface area contributed by atoms with E-state index < -0.39 is 0 Å². The van der Waals surface area contributed by atoms with E-state index in [1.54, 1.807) is 18.0 Å². The Morgan fingerprint density at radius 1 is 1.22 bits per heavy atom. The SMILES string of the molecule is COC(=O)[C@H]1CCC(Nc2ncc3nnn(-c4ccc(OC)cc4)c3n2)C1. The van der Waals surface area contributed by atoms with Crippen molar-refractivity contribution in [1.82, 2.24) is 25.0 Å². The lowest BCUT2D eigenvalue weighted by Crippen LogP contribution is -2.20. The van der Waals surface area contributed by atoms with Crippen LogP contribution >= 0.6 is 0 Å². The van der Waals surface area contributed by atoms with Gasteiger partial charge in [0, 0.05) is 6.04 Å². The van der Waals surface area contributed by atoms with Crippen LogP contribution < -0.4 is 10.1 Å². The number of ether oxygens (including phenoxy) is 2. The van der Waals surface area contributed by atoms with Crippen molar-refractivity contribution in [2.24, 2.45) is 5.92 Å². The van der Waals surface area contributed by atoms with Crippen LogP contribution in [0, 0.1) is 5.92 Å². The second kappa shape index (κ2) is 7.18. The van der Waals surface area contributed by atoms with Gasteiger partial charge in [0.1, 0.15) is 5.75 Å². The minimum Gasteiger partial charge on any atom is -0.497 e. The van der Waals surface area contributed by atoms with Crippen LogP contribution in [-0.2, 0) is 9.53 Å². The highest BCUT2D eigenvalue weighted by molar-refractivity contribution is 5.73. The Morgan fingerprint density at radius 3 is 2.78 bits per heavy atom. The summed E-state index contributed by atoms with van der Waals surface area (Å²) in [5.74, 6) is 1.04. The lowest BCUT2D eigenvalue weighted by atomic mass is 10.1. The maximum absolute atomic E-state index is 11.7. The predicted molar refractivity (Wildman–Crippen MR) is 97.8 cm³/mol. The molecule has 1 aliphatic rings. The van der Waals surface area contributed by atoms with Gasteiger partial charge in [-0.05, 0) is 43.5 Å². The van der Waals surface area contributed by atoms with Crippen molar-refractivity contribution in [2.45, 2.75) is 25.3 Å². The summed E-state index contributed by atoms with van der Waals surface area (Å²) < 4.78 is 11.7. The summed E-state index contributed by atoms with van der Waals surface area (Å²) >= 11 is 0. The van der Waals surface area contributed by atoms with Crippen molar-refractivity contribution in [3.8, 4) is 11.4 Å². The average Bonchev–Trinajstić information content (AvgIpc) is 3.34. The highest BCUT2D eigenvalue weighted by Crippen LogP contribution is 2.28. The van der Waals surface area contributed by atoms with E-state index in [0.717, 1.165) is 24.3 Å². The molecule has 1 aliphatic carbocycles. The minimum absolute atomic E-state index is 0.0669. The van der Waals surface area contributed by atoms with E-state index in [4.69, 9.17) is 9.47 Å². The van der Waals surface area contributed by atoms with E-state index >= 15 is 0 Å². The molecule has 0 aliphatic heterocycles. The highest BCUT2D eigenvalue weighted by Gasteiger charge is 2.31. The van der Waals surface area contributed by atoms with Crippen molar-refractivity contribution in [1.29, 1.82) is 0 Å². The molecule has 0 spiro atoms. The van der Waals surface area contributed by atoms with Crippen LogP contribution in [0.15, 0.2) is 30.5 Å². The van der Waals surface area contributed by atoms with E-state index in [2.05, 4.69) is 25.6 Å². The maximum Gasteiger partial charge on any atom is 0.308 e. The summed E-state index contributed by atoms with van der Waals surface area (Å²) in [4.78, 5) is 20.6. The van der Waals surface area contributed by atoms with Crippen LogP contribution in [0.25, 0.3) is 16.9 Å². The molecule has 1 unspecified atom stereocenters. The average molecular weight is 368 g/mol. The molecular weight excluding hydrogens is 348 g/mol. The van der Waals surface area contributed by atoms with Gasteiger partial charge in [-0.15, -0.1) is 5.10 Å². The van der Waals surface area contributed by atoms with E-state index in [0.29, 0.717) is 23.5 Å². The summed E-state index contributed by atoms with van der Waals surface area (Å²) in [7, 11) is 3.05. The van der Waals surface area contributed by atoms with Gasteiger partial charge in [-0.2, -0.15) is 9.67 Å². The molecule has 0 amide bonds. The molecule has 27 heavy (non-hydrogen) atoms. The molecule has 0 radical (unpaired) electrons. The molecule has 4 rings (SSSR count). The van der Waals surface area contributed by atoms with Gasteiger partial charge in [0.15, 0.2) is 11.2 Å². The molecule has 2 aromatic heterocycles. The number of anilines is 1. The maximum atomic E-state index is 11.7. The van der Waals surface area contributed by atoms with Gasteiger partial charge in [-0.3, -0.25) is 4.79 Å². The molecule has 0 saturated heterocycles. The summed E-state index contributed by atoms with van der Waals surface area (Å²) in [5, 5.41) is 11.6. The van der Waals surface area contributed by atoms with Gasteiger partial charge in [0.25, 0.3) is 0 Å². The summed E-state index contributed by atoms with van der Waals surface area (Å²) in [6, 6.07) is 7.63. The Kier molecular flexibility index (Phi) is 4.57. The standard InChI is InChI=1S/C18H20N6O3/c1-26-14-7-5-13(6-8-14)24-16-15(22-23-24)10-19-18(21-16)20-12-4-3-11(9-12)17(25)27-2/h5-8,10-12H,3-4,9H2,1-2H3,(H,19,20,21)/t11-,12?/m0/s1. The third-order valence-electron chi connectivity index (χ3n) is 4.81. The first-order chi connectivity index (χ1) is 13.2. The minimum atomic E-state index is -0.155. The molecule has 1 saturated carbocycles. The molecule has 1 fully saturated rings. The molecule has 2 atom stereocenters. The van der Waals surface area contributed by atoms with Gasteiger partial charge in [-0.25, -0.2) is 4.98 Å². The zero-order valence-corrected chi connectivity index (χ0v) is 15.1. The number of methoxy groups -OCH3 is 2. The Bertz CT molecular complexity index is 955. The van der Waals surface area contributed by atoms with E-state index in [-0.39, 0.29) is 17.9 Å². The fourth-order valence-electron chi connectivity index (χ4n) is 3.37. The topological polar surface area (TPSA) is 104 Å². The lowest BCUT2D eigenvalue weighted by molar-refractivity contribution is -0.145. The van der Waals surface area contributed by atoms with Crippen LogP contribution in [0.5, 0.6) is 5.75 Å². The molecule has 1 N–H and O–H groups in total. The van der Waals surface area contributed by atoms with E-state index in [1.165, 1.54) is 7.11 Å². The van der Waals surface area contributed by atoms with Crippen LogP contribution in [0.1, 0.15) is 19.3 Å². The largest absolute Gasteiger partial charge is 0.497 e. The predicted octanol–water partition coefficient (Wildman–Crippen LogP) is 1.97. The van der Waals surface area contributed by atoms with Crippen LogP contribution in [-0.4, -0.2) is 51.2 Å². The third kappa shape index (κ3) is 3.40. The Labute approximate surface area is 155 Å². The number of hydrogen-bond donors (Lipinski definition) is 1. The number of carbonyl (C=O) groups excluding carboxylic acids is 1. The molecular formula is C18H20N6O3. The molecule has 9 heteroatoms. The Morgan fingerprint density at radius 2 is 2.04 bits per heavy atom. The summed E-state index contributed by atoms with van der Waals surface area (Å²) in [6.07, 6.45) is 4.03. The molecule has 9 nitrogen and oxygen atoms in total. The quantitative estimate of drug-likeness (QED) is 0.682. The second-order valence-electron chi connectivity index (χ2n) is 6.48. The van der Waals surface area contributed by atoms with Gasteiger partial charge >= 0.3 is 5.97 Å². The van der Waals surface area contributed by atoms with Crippen molar-refractivity contribution in [3.05, 3.63) is 30.5 Å². The second-order valence-corrected chi connectivity index (χ2v) is 6.48. The summed E-state index contributed by atoms with van der Waals surface area (Å²) in [6.45, 7) is 0. The van der Waals surface area contributed by atoms with E-state index in [9.17, 15) is 4.79 Å². The van der Waals surface area contributed by atoms with Crippen molar-refractivity contribution in [2.75, 3.05) is 19.5 Å². The van der Waals surface area contributed by atoms with Gasteiger partial charge in [0.05, 0.1) is 32.0 Å². The molecule has 3 aromatic rings. The molecule has 140 valence electrons. The van der Waals surface area contributed by atoms with Crippen LogP contribution in [0.2, 0.25) is 0 Å². The smallest absolute Gasteiger partial charge is 0.308 e. The van der Waals surface area contributed by atoms with E-state index in [1.807, 2.05) is 24.3 Å². The fraction of sp³-hybridized carbons (Fsp3) is 0.389. The zero-order valence-electron chi connectivity index (χ0n) is 15.1. The number of nitrogens with zero attached hydrogens (tertiary/aromatic N) is 5. The number of hydrogen-bond acceptors (Lipinski definition) is 8. The number of rotatable bonds is 5. The van der Waals surface area contributed by atoms with Crippen molar-refractivity contribution >= 4 is 23.1 Å².